The SMILES string of the molecule is CC(CCl)Sc1ccnc2cc(Br)cnc12. The van der Waals surface area contributed by atoms with Crippen molar-refractivity contribution in [2.75, 3.05) is 5.88 Å². The van der Waals surface area contributed by atoms with Crippen LogP contribution in [-0.2, 0) is 0 Å². The summed E-state index contributed by atoms with van der Waals surface area (Å²) in [7, 11) is 0. The summed E-state index contributed by atoms with van der Waals surface area (Å²) >= 11 is 10.9. The van der Waals surface area contributed by atoms with E-state index in [-0.39, 0.29) is 0 Å². The molecule has 16 heavy (non-hydrogen) atoms. The van der Waals surface area contributed by atoms with Crippen molar-refractivity contribution >= 4 is 50.3 Å². The van der Waals surface area contributed by atoms with Crippen LogP contribution in [0.3, 0.4) is 0 Å². The first-order chi connectivity index (χ1) is 7.70. The highest BCUT2D eigenvalue weighted by Crippen LogP contribution is 2.29. The van der Waals surface area contributed by atoms with Crippen LogP contribution in [0.4, 0.5) is 0 Å². The average Bonchev–Trinajstić information content (AvgIpc) is 2.28. The van der Waals surface area contributed by atoms with Gasteiger partial charge < -0.3 is 0 Å². The lowest BCUT2D eigenvalue weighted by atomic mass is 10.3. The Kier molecular flexibility index (Phi) is 4.05. The highest BCUT2D eigenvalue weighted by atomic mass is 79.9. The number of pyridine rings is 2. The molecule has 0 saturated heterocycles. The van der Waals surface area contributed by atoms with Gasteiger partial charge in [0.2, 0.25) is 0 Å². The Hall–Kier alpha value is -0.320. The first kappa shape index (κ1) is 12.1. The molecule has 1 atom stereocenters. The van der Waals surface area contributed by atoms with E-state index >= 15 is 0 Å². The van der Waals surface area contributed by atoms with Crippen LogP contribution in [-0.4, -0.2) is 21.1 Å². The van der Waals surface area contributed by atoms with Crippen molar-refractivity contribution in [3.63, 3.8) is 0 Å². The molecule has 0 aliphatic carbocycles. The van der Waals surface area contributed by atoms with Crippen molar-refractivity contribution in [2.45, 2.75) is 17.1 Å². The predicted octanol–water partition coefficient (Wildman–Crippen LogP) is 4.11. The normalized spacial score (nSPS) is 12.9. The standard InChI is InChI=1S/C11H10BrClN2S/c1-7(5-13)16-10-2-3-14-9-4-8(12)6-15-11(9)10/h2-4,6-7H,5H2,1H3. The van der Waals surface area contributed by atoms with Gasteiger partial charge in [0, 0.05) is 32.9 Å². The van der Waals surface area contributed by atoms with E-state index in [1.807, 2.05) is 12.1 Å². The van der Waals surface area contributed by atoms with E-state index in [1.54, 1.807) is 24.2 Å². The molecule has 0 bridgehead atoms. The molecule has 0 aliphatic heterocycles. The number of halogens is 2. The van der Waals surface area contributed by atoms with Crippen molar-refractivity contribution < 1.29 is 0 Å². The summed E-state index contributed by atoms with van der Waals surface area (Å²) in [6, 6.07) is 3.95. The summed E-state index contributed by atoms with van der Waals surface area (Å²) in [5.74, 6) is 0.630. The van der Waals surface area contributed by atoms with Gasteiger partial charge in [0.25, 0.3) is 0 Å². The molecule has 2 heterocycles. The third kappa shape index (κ3) is 2.67. The third-order valence-corrected chi connectivity index (χ3v) is 4.28. The lowest BCUT2D eigenvalue weighted by molar-refractivity contribution is 1.12. The maximum atomic E-state index is 5.81. The van der Waals surface area contributed by atoms with E-state index in [1.165, 1.54) is 0 Å². The van der Waals surface area contributed by atoms with Crippen LogP contribution in [0, 0.1) is 0 Å². The second-order valence-electron chi connectivity index (χ2n) is 3.41. The van der Waals surface area contributed by atoms with Gasteiger partial charge in [0.15, 0.2) is 0 Å². The number of hydrogen-bond donors (Lipinski definition) is 0. The fourth-order valence-corrected chi connectivity index (χ4v) is 2.74. The van der Waals surface area contributed by atoms with Crippen molar-refractivity contribution in [1.82, 2.24) is 9.97 Å². The summed E-state index contributed by atoms with van der Waals surface area (Å²) in [5, 5.41) is 0.373. The Bertz CT molecular complexity index is 506. The van der Waals surface area contributed by atoms with Crippen LogP contribution >= 0.6 is 39.3 Å². The first-order valence-corrected chi connectivity index (χ1v) is 7.04. The fourth-order valence-electron chi connectivity index (χ4n) is 1.32. The van der Waals surface area contributed by atoms with Gasteiger partial charge in [-0.25, -0.2) is 0 Å². The van der Waals surface area contributed by atoms with Gasteiger partial charge in [-0.15, -0.1) is 23.4 Å². The quantitative estimate of drug-likeness (QED) is 0.629. The van der Waals surface area contributed by atoms with Gasteiger partial charge >= 0.3 is 0 Å². The van der Waals surface area contributed by atoms with Crippen LogP contribution in [0.1, 0.15) is 6.92 Å². The second-order valence-corrected chi connectivity index (χ2v) is 6.12. The number of thioether (sulfide) groups is 1. The minimum absolute atomic E-state index is 0.373. The Morgan fingerprint density at radius 2 is 2.31 bits per heavy atom. The molecule has 0 spiro atoms. The molecule has 0 fully saturated rings. The van der Waals surface area contributed by atoms with Gasteiger partial charge in [-0.05, 0) is 28.1 Å². The Balaban J connectivity index is 2.45. The van der Waals surface area contributed by atoms with Crippen LogP contribution in [0.25, 0.3) is 11.0 Å². The molecule has 0 saturated carbocycles. The fraction of sp³-hybridized carbons (Fsp3) is 0.273. The van der Waals surface area contributed by atoms with E-state index in [0.29, 0.717) is 11.1 Å². The van der Waals surface area contributed by atoms with Crippen molar-refractivity contribution in [1.29, 1.82) is 0 Å². The Morgan fingerprint density at radius 3 is 3.06 bits per heavy atom. The first-order valence-electron chi connectivity index (χ1n) is 4.83. The summed E-state index contributed by atoms with van der Waals surface area (Å²) < 4.78 is 0.944. The lowest BCUT2D eigenvalue weighted by Gasteiger charge is -2.08. The molecule has 0 aliphatic rings. The monoisotopic (exact) mass is 316 g/mol. The van der Waals surface area contributed by atoms with Gasteiger partial charge in [-0.3, -0.25) is 9.97 Å². The topological polar surface area (TPSA) is 25.8 Å². The van der Waals surface area contributed by atoms with E-state index in [4.69, 9.17) is 11.6 Å². The van der Waals surface area contributed by atoms with Gasteiger partial charge in [0.05, 0.1) is 5.52 Å². The van der Waals surface area contributed by atoms with E-state index in [9.17, 15) is 0 Å². The Morgan fingerprint density at radius 1 is 1.50 bits per heavy atom. The zero-order valence-electron chi connectivity index (χ0n) is 8.65. The Labute approximate surface area is 112 Å². The summed E-state index contributed by atoms with van der Waals surface area (Å²) in [4.78, 5) is 9.82. The molecule has 0 N–H and O–H groups in total. The summed E-state index contributed by atoms with van der Waals surface area (Å²) in [6.07, 6.45) is 3.60. The largest absolute Gasteiger partial charge is 0.254 e. The van der Waals surface area contributed by atoms with Crippen molar-refractivity contribution in [3.05, 3.63) is 29.0 Å². The van der Waals surface area contributed by atoms with Crippen LogP contribution in [0.5, 0.6) is 0 Å². The second kappa shape index (κ2) is 5.34. The molecular formula is C11H10BrClN2S. The predicted molar refractivity (Wildman–Crippen MR) is 73.3 cm³/mol. The highest BCUT2D eigenvalue weighted by molar-refractivity contribution is 9.10. The zero-order chi connectivity index (χ0) is 11.5. The molecule has 2 aromatic rings. The van der Waals surface area contributed by atoms with Crippen LogP contribution in [0.2, 0.25) is 0 Å². The molecule has 84 valence electrons. The number of hydrogen-bond acceptors (Lipinski definition) is 3. The lowest BCUT2D eigenvalue weighted by Crippen LogP contribution is -1.97. The van der Waals surface area contributed by atoms with Gasteiger partial charge in [0.1, 0.15) is 5.52 Å². The summed E-state index contributed by atoms with van der Waals surface area (Å²) in [5.41, 5.74) is 1.84. The molecular weight excluding hydrogens is 308 g/mol. The highest BCUT2D eigenvalue weighted by Gasteiger charge is 2.08. The average molecular weight is 318 g/mol. The minimum atomic E-state index is 0.373. The zero-order valence-corrected chi connectivity index (χ0v) is 11.8. The third-order valence-electron chi connectivity index (χ3n) is 2.05. The number of rotatable bonds is 3. The van der Waals surface area contributed by atoms with Crippen molar-refractivity contribution in [3.8, 4) is 0 Å². The molecule has 0 radical (unpaired) electrons. The molecule has 2 rings (SSSR count). The molecule has 0 aromatic carbocycles. The maximum absolute atomic E-state index is 5.81. The number of alkyl halides is 1. The smallest absolute Gasteiger partial charge is 0.102 e. The van der Waals surface area contributed by atoms with Gasteiger partial charge in [-0.2, -0.15) is 0 Å². The molecule has 2 aromatic heterocycles. The molecule has 2 nitrogen and oxygen atoms in total. The maximum Gasteiger partial charge on any atom is 0.102 e. The molecule has 0 amide bonds. The minimum Gasteiger partial charge on any atom is -0.254 e. The number of aromatic nitrogens is 2. The van der Waals surface area contributed by atoms with Crippen LogP contribution in [0.15, 0.2) is 33.9 Å². The van der Waals surface area contributed by atoms with E-state index in [2.05, 4.69) is 32.8 Å². The van der Waals surface area contributed by atoms with Crippen LogP contribution < -0.4 is 0 Å². The molecule has 1 unspecified atom stereocenters. The van der Waals surface area contributed by atoms with E-state index in [0.717, 1.165) is 20.4 Å². The molecule has 5 heteroatoms. The van der Waals surface area contributed by atoms with Crippen molar-refractivity contribution in [2.24, 2.45) is 0 Å². The number of nitrogens with zero attached hydrogens (tertiary/aromatic N) is 2. The number of fused-ring (bicyclic) bond motifs is 1. The summed E-state index contributed by atoms with van der Waals surface area (Å²) in [6.45, 7) is 2.10. The van der Waals surface area contributed by atoms with E-state index < -0.39 is 0 Å². The van der Waals surface area contributed by atoms with Gasteiger partial charge in [-0.1, -0.05) is 6.92 Å².